The number of aromatic amines is 1. The average molecular weight is 441 g/mol. The predicted molar refractivity (Wildman–Crippen MR) is 123 cm³/mol. The summed E-state index contributed by atoms with van der Waals surface area (Å²) in [7, 11) is 1.63. The molecule has 5 rings (SSSR count). The summed E-state index contributed by atoms with van der Waals surface area (Å²) in [6.07, 6.45) is 0.647. The average Bonchev–Trinajstić information content (AvgIpc) is 3.37. The monoisotopic (exact) mass is 441 g/mol. The number of hydrogen-bond donors (Lipinski definition) is 3. The van der Waals surface area contributed by atoms with Gasteiger partial charge in [0.15, 0.2) is 0 Å². The summed E-state index contributed by atoms with van der Waals surface area (Å²) in [5, 5.41) is 27.8. The van der Waals surface area contributed by atoms with Crippen LogP contribution in [0.3, 0.4) is 0 Å². The number of methoxy groups -OCH3 is 1. The van der Waals surface area contributed by atoms with E-state index in [4.69, 9.17) is 4.74 Å². The van der Waals surface area contributed by atoms with E-state index in [0.717, 1.165) is 16.9 Å². The van der Waals surface area contributed by atoms with Crippen LogP contribution in [0.25, 0.3) is 11.3 Å². The van der Waals surface area contributed by atoms with Crippen molar-refractivity contribution in [2.24, 2.45) is 0 Å². The Hall–Kier alpha value is -4.26. The van der Waals surface area contributed by atoms with Gasteiger partial charge < -0.3 is 19.8 Å². The number of carbonyl (C=O) groups is 1. The van der Waals surface area contributed by atoms with Crippen molar-refractivity contribution in [3.8, 4) is 28.5 Å². The summed E-state index contributed by atoms with van der Waals surface area (Å²) in [6.45, 7) is 0.466. The van der Waals surface area contributed by atoms with Gasteiger partial charge in [0, 0.05) is 17.7 Å². The van der Waals surface area contributed by atoms with Crippen LogP contribution in [-0.2, 0) is 6.42 Å². The third-order valence-electron chi connectivity index (χ3n) is 6.01. The minimum absolute atomic E-state index is 0.0885. The zero-order chi connectivity index (χ0) is 22.9. The Morgan fingerprint density at radius 2 is 1.82 bits per heavy atom. The number of amides is 1. The first-order valence-corrected chi connectivity index (χ1v) is 10.7. The van der Waals surface area contributed by atoms with Crippen molar-refractivity contribution in [3.05, 3.63) is 95.2 Å². The fourth-order valence-corrected chi connectivity index (χ4v) is 4.39. The normalized spacial score (nSPS) is 15.0. The van der Waals surface area contributed by atoms with Crippen molar-refractivity contribution in [3.63, 3.8) is 0 Å². The van der Waals surface area contributed by atoms with Crippen molar-refractivity contribution in [2.45, 2.75) is 12.5 Å². The molecule has 0 fully saturated rings. The first-order chi connectivity index (χ1) is 16.1. The van der Waals surface area contributed by atoms with E-state index in [-0.39, 0.29) is 17.4 Å². The predicted octanol–water partition coefficient (Wildman–Crippen LogP) is 4.28. The molecule has 0 bridgehead atoms. The number of phenolic OH excluding ortho intramolecular Hbond substituents is 2. The number of H-pyrrole nitrogens is 1. The number of benzene rings is 3. The standard InChI is InChI=1S/C26H23N3O4/c1-33-19-11-9-16(10-12-19)13-14-29-25(17-5-4-6-18(30)15-17)22-23(27-28-24(22)26(29)32)20-7-2-3-8-21(20)31/h2-12,15,25,30-31H,13-14H2,1H3,(H,27,28). The lowest BCUT2D eigenvalue weighted by atomic mass is 9.95. The Labute approximate surface area is 190 Å². The molecular formula is C26H23N3O4. The number of hydrogen-bond acceptors (Lipinski definition) is 5. The molecule has 0 aliphatic carbocycles. The van der Waals surface area contributed by atoms with E-state index in [2.05, 4.69) is 10.2 Å². The molecule has 1 unspecified atom stereocenters. The Kier molecular flexibility index (Phi) is 5.22. The van der Waals surface area contributed by atoms with E-state index in [1.54, 1.807) is 48.4 Å². The molecule has 0 saturated carbocycles. The van der Waals surface area contributed by atoms with Gasteiger partial charge in [0.2, 0.25) is 0 Å². The highest BCUT2D eigenvalue weighted by atomic mass is 16.5. The van der Waals surface area contributed by atoms with Gasteiger partial charge >= 0.3 is 0 Å². The van der Waals surface area contributed by atoms with Gasteiger partial charge in [-0.15, -0.1) is 0 Å². The zero-order valence-electron chi connectivity index (χ0n) is 18.0. The fourth-order valence-electron chi connectivity index (χ4n) is 4.39. The summed E-state index contributed by atoms with van der Waals surface area (Å²) in [6, 6.07) is 21.1. The molecule has 166 valence electrons. The number of nitrogens with zero attached hydrogens (tertiary/aromatic N) is 2. The van der Waals surface area contributed by atoms with Gasteiger partial charge in [0.05, 0.1) is 13.2 Å². The van der Waals surface area contributed by atoms with Crippen molar-refractivity contribution < 1.29 is 19.7 Å². The Bertz CT molecular complexity index is 1310. The SMILES string of the molecule is COc1ccc(CCN2C(=O)c3[nH]nc(-c4ccccc4O)c3C2c2cccc(O)c2)cc1. The molecule has 0 radical (unpaired) electrons. The lowest BCUT2D eigenvalue weighted by Gasteiger charge is -2.26. The number of ether oxygens (including phenoxy) is 1. The van der Waals surface area contributed by atoms with E-state index in [1.807, 2.05) is 36.4 Å². The molecule has 3 N–H and O–H groups in total. The summed E-state index contributed by atoms with van der Waals surface area (Å²) >= 11 is 0. The number of nitrogens with one attached hydrogen (secondary N) is 1. The van der Waals surface area contributed by atoms with Gasteiger partial charge in [-0.05, 0) is 53.9 Å². The van der Waals surface area contributed by atoms with Crippen LogP contribution in [0.1, 0.15) is 33.2 Å². The molecule has 4 aromatic rings. The van der Waals surface area contributed by atoms with Crippen LogP contribution in [-0.4, -0.2) is 44.9 Å². The fraction of sp³-hybridized carbons (Fsp3) is 0.154. The van der Waals surface area contributed by atoms with Crippen LogP contribution >= 0.6 is 0 Å². The Morgan fingerprint density at radius 1 is 1.03 bits per heavy atom. The lowest BCUT2D eigenvalue weighted by molar-refractivity contribution is 0.0745. The molecule has 1 aromatic heterocycles. The van der Waals surface area contributed by atoms with Crippen molar-refractivity contribution >= 4 is 5.91 Å². The molecular weight excluding hydrogens is 418 g/mol. The van der Waals surface area contributed by atoms with Crippen molar-refractivity contribution in [2.75, 3.05) is 13.7 Å². The quantitative estimate of drug-likeness (QED) is 0.415. The Morgan fingerprint density at radius 3 is 2.55 bits per heavy atom. The minimum Gasteiger partial charge on any atom is -0.508 e. The smallest absolute Gasteiger partial charge is 0.273 e. The maximum absolute atomic E-state index is 13.4. The summed E-state index contributed by atoms with van der Waals surface area (Å²) in [5.41, 5.74) is 4.02. The van der Waals surface area contributed by atoms with Crippen LogP contribution in [0.15, 0.2) is 72.8 Å². The Balaban J connectivity index is 1.55. The summed E-state index contributed by atoms with van der Waals surface area (Å²) in [4.78, 5) is 15.2. The number of rotatable bonds is 6. The third-order valence-corrected chi connectivity index (χ3v) is 6.01. The molecule has 0 spiro atoms. The van der Waals surface area contributed by atoms with Gasteiger partial charge in [-0.1, -0.05) is 36.4 Å². The summed E-state index contributed by atoms with van der Waals surface area (Å²) in [5.74, 6) is 0.824. The largest absolute Gasteiger partial charge is 0.508 e. The number of aromatic hydroxyl groups is 2. The highest BCUT2D eigenvalue weighted by Gasteiger charge is 2.42. The number of carbonyl (C=O) groups excluding carboxylic acids is 1. The molecule has 1 aliphatic heterocycles. The molecule has 1 amide bonds. The van der Waals surface area contributed by atoms with E-state index >= 15 is 0 Å². The molecule has 33 heavy (non-hydrogen) atoms. The van der Waals surface area contributed by atoms with E-state index in [9.17, 15) is 15.0 Å². The van der Waals surface area contributed by atoms with E-state index in [0.29, 0.717) is 35.5 Å². The van der Waals surface area contributed by atoms with Crippen molar-refractivity contribution in [1.82, 2.24) is 15.1 Å². The maximum Gasteiger partial charge on any atom is 0.273 e. The van der Waals surface area contributed by atoms with Crippen LogP contribution < -0.4 is 4.74 Å². The maximum atomic E-state index is 13.4. The highest BCUT2D eigenvalue weighted by Crippen LogP contribution is 2.44. The number of aromatic nitrogens is 2. The second-order valence-corrected chi connectivity index (χ2v) is 7.97. The van der Waals surface area contributed by atoms with Crippen molar-refractivity contribution in [1.29, 1.82) is 0 Å². The molecule has 0 saturated heterocycles. The molecule has 7 heteroatoms. The van der Waals surface area contributed by atoms with Gasteiger partial charge in [-0.2, -0.15) is 5.10 Å². The number of para-hydroxylation sites is 1. The van der Waals surface area contributed by atoms with Crippen LogP contribution in [0.4, 0.5) is 0 Å². The van der Waals surface area contributed by atoms with Crippen LogP contribution in [0.2, 0.25) is 0 Å². The lowest BCUT2D eigenvalue weighted by Crippen LogP contribution is -2.31. The second-order valence-electron chi connectivity index (χ2n) is 7.97. The van der Waals surface area contributed by atoms with Gasteiger partial charge in [-0.25, -0.2) is 0 Å². The first kappa shape index (κ1) is 20.6. The topological polar surface area (TPSA) is 98.7 Å². The molecule has 1 atom stereocenters. The minimum atomic E-state index is -0.453. The van der Waals surface area contributed by atoms with Gasteiger partial charge in [0.25, 0.3) is 5.91 Å². The number of phenols is 2. The van der Waals surface area contributed by atoms with Gasteiger partial charge in [0.1, 0.15) is 28.6 Å². The zero-order valence-corrected chi connectivity index (χ0v) is 18.0. The van der Waals surface area contributed by atoms with Crippen LogP contribution in [0, 0.1) is 0 Å². The third kappa shape index (κ3) is 3.67. The first-order valence-electron chi connectivity index (χ1n) is 10.7. The molecule has 2 heterocycles. The molecule has 7 nitrogen and oxygen atoms in total. The highest BCUT2D eigenvalue weighted by molar-refractivity contribution is 6.00. The second kappa shape index (κ2) is 8.35. The summed E-state index contributed by atoms with van der Waals surface area (Å²) < 4.78 is 5.23. The molecule has 1 aliphatic rings. The number of fused-ring (bicyclic) bond motifs is 1. The molecule has 3 aromatic carbocycles. The van der Waals surface area contributed by atoms with Crippen LogP contribution in [0.5, 0.6) is 17.2 Å². The van der Waals surface area contributed by atoms with E-state index < -0.39 is 6.04 Å². The van der Waals surface area contributed by atoms with Gasteiger partial charge in [-0.3, -0.25) is 9.89 Å². The van der Waals surface area contributed by atoms with E-state index in [1.165, 1.54) is 0 Å².